The van der Waals surface area contributed by atoms with E-state index in [1.54, 1.807) is 14.2 Å². The maximum absolute atomic E-state index is 12.6. The van der Waals surface area contributed by atoms with Crippen molar-refractivity contribution >= 4 is 23.8 Å². The smallest absolute Gasteiger partial charge is 0.298 e. The zero-order chi connectivity index (χ0) is 17.2. The van der Waals surface area contributed by atoms with Gasteiger partial charge in [0.15, 0.2) is 0 Å². The summed E-state index contributed by atoms with van der Waals surface area (Å²) < 4.78 is 16.5. The van der Waals surface area contributed by atoms with Crippen molar-refractivity contribution in [1.82, 2.24) is 0 Å². The minimum atomic E-state index is -1.85. The Bertz CT molecular complexity index is 305. The maximum atomic E-state index is 12.6. The number of methoxy groups -OCH3 is 2. The molecule has 0 aliphatic rings. The van der Waals surface area contributed by atoms with Crippen LogP contribution in [0.25, 0.3) is 0 Å². The van der Waals surface area contributed by atoms with Crippen LogP contribution in [-0.4, -0.2) is 43.9 Å². The van der Waals surface area contributed by atoms with E-state index >= 15 is 0 Å². The molecule has 132 valence electrons. The molecule has 0 saturated carbocycles. The van der Waals surface area contributed by atoms with E-state index in [1.165, 1.54) is 0 Å². The lowest BCUT2D eigenvalue weighted by Crippen LogP contribution is -2.42. The van der Waals surface area contributed by atoms with Gasteiger partial charge in [-0.3, -0.25) is 4.79 Å². The Morgan fingerprint density at radius 1 is 1.09 bits per heavy atom. The van der Waals surface area contributed by atoms with Crippen LogP contribution in [0.15, 0.2) is 0 Å². The summed E-state index contributed by atoms with van der Waals surface area (Å²) in [6.45, 7) is 10.5. The third kappa shape index (κ3) is 6.94. The first kappa shape index (κ1) is 21.8. The molecule has 0 heterocycles. The first-order valence-corrected chi connectivity index (χ1v) is 12.9. The van der Waals surface area contributed by atoms with Crippen molar-refractivity contribution < 1.29 is 18.7 Å². The van der Waals surface area contributed by atoms with Gasteiger partial charge in [0, 0.05) is 14.2 Å². The fourth-order valence-electron chi connectivity index (χ4n) is 2.61. The molecular formula is C16H36O4Si2. The Kier molecular flexibility index (Phi) is 10.5. The maximum Gasteiger partial charge on any atom is 0.298 e. The van der Waals surface area contributed by atoms with E-state index in [-0.39, 0.29) is 17.3 Å². The van der Waals surface area contributed by atoms with Gasteiger partial charge in [-0.1, -0.05) is 33.2 Å². The molecule has 0 aromatic heterocycles. The molecule has 0 amide bonds. The van der Waals surface area contributed by atoms with Crippen LogP contribution < -0.4 is 0 Å². The third-order valence-corrected chi connectivity index (χ3v) is 11.3. The minimum absolute atomic E-state index is 0.00131. The second-order valence-electron chi connectivity index (χ2n) is 6.66. The van der Waals surface area contributed by atoms with Gasteiger partial charge in [-0.05, 0) is 38.4 Å². The zero-order valence-electron chi connectivity index (χ0n) is 15.7. The fourth-order valence-corrected chi connectivity index (χ4v) is 6.56. The lowest BCUT2D eigenvalue weighted by molar-refractivity contribution is -0.145. The van der Waals surface area contributed by atoms with E-state index in [9.17, 15) is 4.79 Å². The van der Waals surface area contributed by atoms with Gasteiger partial charge in [-0.25, -0.2) is 0 Å². The van der Waals surface area contributed by atoms with E-state index in [0.717, 1.165) is 37.0 Å². The summed E-state index contributed by atoms with van der Waals surface area (Å²) in [5.74, 6) is -0.00295. The van der Waals surface area contributed by atoms with Crippen molar-refractivity contribution in [2.24, 2.45) is 5.41 Å². The zero-order valence-corrected chi connectivity index (χ0v) is 18.1. The van der Waals surface area contributed by atoms with Crippen molar-refractivity contribution in [1.29, 1.82) is 0 Å². The second-order valence-corrected chi connectivity index (χ2v) is 13.3. The molecule has 22 heavy (non-hydrogen) atoms. The molecule has 0 aromatic carbocycles. The third-order valence-electron chi connectivity index (χ3n) is 4.81. The van der Waals surface area contributed by atoms with Crippen molar-refractivity contribution in [3.8, 4) is 0 Å². The van der Waals surface area contributed by atoms with Gasteiger partial charge in [0.25, 0.3) is 14.3 Å². The summed E-state index contributed by atoms with van der Waals surface area (Å²) in [5.41, 5.74) is -0.387. The minimum Gasteiger partial charge on any atom is -0.519 e. The van der Waals surface area contributed by atoms with Gasteiger partial charge >= 0.3 is 0 Å². The van der Waals surface area contributed by atoms with Crippen molar-refractivity contribution in [3.63, 3.8) is 0 Å². The number of ether oxygens (including phenoxy) is 2. The van der Waals surface area contributed by atoms with Gasteiger partial charge in [-0.15, -0.1) is 0 Å². The van der Waals surface area contributed by atoms with Gasteiger partial charge in [-0.2, -0.15) is 0 Å². The average molecular weight is 349 g/mol. The number of rotatable bonds is 12. The summed E-state index contributed by atoms with van der Waals surface area (Å²) in [5, 5.41) is 0. The summed E-state index contributed by atoms with van der Waals surface area (Å²) in [7, 11) is 1.12. The van der Waals surface area contributed by atoms with Gasteiger partial charge in [0.1, 0.15) is 5.91 Å². The summed E-state index contributed by atoms with van der Waals surface area (Å²) in [4.78, 5) is 12.6. The van der Waals surface area contributed by atoms with E-state index < -0.39 is 17.8 Å². The second kappa shape index (κ2) is 10.6. The Morgan fingerprint density at radius 2 is 1.59 bits per heavy atom. The van der Waals surface area contributed by atoms with E-state index in [1.807, 2.05) is 13.8 Å². The van der Waals surface area contributed by atoms with E-state index in [4.69, 9.17) is 13.9 Å². The molecule has 0 radical (unpaired) electrons. The van der Waals surface area contributed by atoms with Gasteiger partial charge in [0.2, 0.25) is 0 Å². The lowest BCUT2D eigenvalue weighted by atomic mass is 9.88. The molecule has 0 fully saturated rings. The number of carbonyl (C=O) groups is 1. The quantitative estimate of drug-likeness (QED) is 0.308. The molecule has 0 rings (SSSR count). The summed E-state index contributed by atoms with van der Waals surface area (Å²) >= 11 is 0. The normalized spacial score (nSPS) is 13.3. The van der Waals surface area contributed by atoms with Gasteiger partial charge < -0.3 is 13.9 Å². The Morgan fingerprint density at radius 3 is 2.00 bits per heavy atom. The molecular weight excluding hydrogens is 312 g/mol. The summed E-state index contributed by atoms with van der Waals surface area (Å²) in [6, 6.07) is 4.16. The monoisotopic (exact) mass is 348 g/mol. The largest absolute Gasteiger partial charge is 0.519 e. The topological polar surface area (TPSA) is 44.8 Å². The number of carbonyl (C=O) groups excluding carboxylic acids is 1. The van der Waals surface area contributed by atoms with Crippen LogP contribution in [0.2, 0.25) is 24.2 Å². The highest BCUT2D eigenvalue weighted by Crippen LogP contribution is 2.30. The molecule has 0 N–H and O–H groups in total. The van der Waals surface area contributed by atoms with Crippen LogP contribution in [0.1, 0.15) is 47.5 Å². The van der Waals surface area contributed by atoms with Crippen LogP contribution in [0.5, 0.6) is 0 Å². The van der Waals surface area contributed by atoms with Crippen LogP contribution >= 0.6 is 0 Å². The molecule has 0 aliphatic heterocycles. The Hall–Kier alpha value is -0.176. The van der Waals surface area contributed by atoms with Crippen LogP contribution in [-0.2, 0) is 18.7 Å². The average Bonchev–Trinajstić information content (AvgIpc) is 2.52. The highest BCUT2D eigenvalue weighted by Gasteiger charge is 2.38. The highest BCUT2D eigenvalue weighted by atomic mass is 28.4. The van der Waals surface area contributed by atoms with E-state index in [0.29, 0.717) is 0 Å². The molecule has 0 bridgehead atoms. The van der Waals surface area contributed by atoms with Crippen molar-refractivity contribution in [3.05, 3.63) is 0 Å². The Labute approximate surface area is 140 Å². The van der Waals surface area contributed by atoms with Gasteiger partial charge in [0.05, 0.1) is 14.9 Å². The fraction of sp³-hybridized carbons (Fsp3) is 0.938. The first-order valence-electron chi connectivity index (χ1n) is 8.59. The van der Waals surface area contributed by atoms with Crippen LogP contribution in [0.4, 0.5) is 0 Å². The lowest BCUT2D eigenvalue weighted by Gasteiger charge is -2.33. The molecule has 0 aliphatic carbocycles. The van der Waals surface area contributed by atoms with Crippen molar-refractivity contribution in [2.75, 3.05) is 14.2 Å². The molecule has 0 aromatic rings. The number of hydrogen-bond acceptors (Lipinski definition) is 4. The molecule has 6 heteroatoms. The first-order chi connectivity index (χ1) is 10.3. The molecule has 4 nitrogen and oxygen atoms in total. The Balaban J connectivity index is 4.39. The standard InChI is InChI=1S/C16H36O4Si2/c1-8-22(9-2,10-3)20-14(17)16(4,5)12-11-13-21-15(18-6)19-7/h15H,8-13,21H2,1-7H3. The SMILES string of the molecule is CC[Si](CC)(CC)OC(=O)C(C)(C)CCC[SiH2]C(OC)OC. The number of hydrogen-bond donors (Lipinski definition) is 0. The predicted octanol–water partition coefficient (Wildman–Crippen LogP) is 3.50. The van der Waals surface area contributed by atoms with Crippen LogP contribution in [0.3, 0.4) is 0 Å². The highest BCUT2D eigenvalue weighted by molar-refractivity contribution is 6.75. The van der Waals surface area contributed by atoms with Crippen molar-refractivity contribution in [2.45, 2.75) is 77.6 Å². The predicted molar refractivity (Wildman–Crippen MR) is 97.5 cm³/mol. The molecule has 0 atom stereocenters. The van der Waals surface area contributed by atoms with E-state index in [2.05, 4.69) is 20.8 Å². The molecule has 0 saturated heterocycles. The molecule has 0 unspecified atom stereocenters. The van der Waals surface area contributed by atoms with Crippen LogP contribution in [0, 0.1) is 5.41 Å². The summed E-state index contributed by atoms with van der Waals surface area (Å²) in [6.07, 6.45) is 1.91. The molecule has 0 spiro atoms.